The summed E-state index contributed by atoms with van der Waals surface area (Å²) in [7, 11) is 1.61. The molecule has 1 fully saturated rings. The number of nitro groups is 1. The van der Waals surface area contributed by atoms with Gasteiger partial charge in [0.1, 0.15) is 5.69 Å². The molecule has 6 heteroatoms. The van der Waals surface area contributed by atoms with Gasteiger partial charge in [0.2, 0.25) is 0 Å². The lowest BCUT2D eigenvalue weighted by atomic mass is 9.64. The molecule has 0 saturated heterocycles. The van der Waals surface area contributed by atoms with Gasteiger partial charge in [-0.2, -0.15) is 0 Å². The van der Waals surface area contributed by atoms with Gasteiger partial charge >= 0.3 is 0 Å². The first-order valence-corrected chi connectivity index (χ1v) is 8.36. The predicted molar refractivity (Wildman–Crippen MR) is 96.9 cm³/mol. The van der Waals surface area contributed by atoms with Gasteiger partial charge in [-0.15, -0.1) is 0 Å². The van der Waals surface area contributed by atoms with Crippen LogP contribution in [-0.4, -0.2) is 24.4 Å². The smallest absolute Gasteiger partial charge is 0.293 e. The summed E-state index contributed by atoms with van der Waals surface area (Å²) < 4.78 is 0. The van der Waals surface area contributed by atoms with Crippen LogP contribution in [0.1, 0.15) is 35.2 Å². The Morgan fingerprint density at radius 1 is 1.20 bits per heavy atom. The van der Waals surface area contributed by atoms with Gasteiger partial charge < -0.3 is 10.6 Å². The third-order valence-electron chi connectivity index (χ3n) is 5.01. The van der Waals surface area contributed by atoms with Crippen LogP contribution in [0.2, 0.25) is 0 Å². The zero-order valence-corrected chi connectivity index (χ0v) is 14.1. The highest BCUT2D eigenvalue weighted by Gasteiger charge is 2.38. The standard InChI is InChI=1S/C19H21N3O3/c1-20-16-9-8-14(12-17(16)22(24)25)18(23)21-13-19(10-5-11-19)15-6-3-2-4-7-15/h2-4,6-9,12,20H,5,10-11,13H2,1H3,(H,21,23). The van der Waals surface area contributed by atoms with Crippen molar-refractivity contribution in [2.75, 3.05) is 18.9 Å². The Kier molecular flexibility index (Phi) is 4.70. The first kappa shape index (κ1) is 17.0. The Morgan fingerprint density at radius 3 is 2.48 bits per heavy atom. The summed E-state index contributed by atoms with van der Waals surface area (Å²) in [5, 5.41) is 16.9. The third kappa shape index (κ3) is 3.33. The Labute approximate surface area is 146 Å². The number of carbonyl (C=O) groups excluding carboxylic acids is 1. The average molecular weight is 339 g/mol. The summed E-state index contributed by atoms with van der Waals surface area (Å²) in [6, 6.07) is 14.7. The van der Waals surface area contributed by atoms with Crippen molar-refractivity contribution in [3.05, 3.63) is 69.8 Å². The summed E-state index contributed by atoms with van der Waals surface area (Å²) in [5.74, 6) is -0.284. The molecule has 3 rings (SSSR count). The highest BCUT2D eigenvalue weighted by molar-refractivity contribution is 5.95. The van der Waals surface area contributed by atoms with Gasteiger partial charge in [0.25, 0.3) is 11.6 Å². The van der Waals surface area contributed by atoms with E-state index in [-0.39, 0.29) is 17.0 Å². The molecule has 0 bridgehead atoms. The second kappa shape index (κ2) is 6.93. The number of nitrogens with one attached hydrogen (secondary N) is 2. The molecule has 1 aliphatic carbocycles. The van der Waals surface area contributed by atoms with E-state index in [1.54, 1.807) is 19.2 Å². The maximum absolute atomic E-state index is 12.5. The van der Waals surface area contributed by atoms with E-state index >= 15 is 0 Å². The summed E-state index contributed by atoms with van der Waals surface area (Å²) in [4.78, 5) is 23.1. The summed E-state index contributed by atoms with van der Waals surface area (Å²) >= 11 is 0. The van der Waals surface area contributed by atoms with Gasteiger partial charge in [0, 0.05) is 30.6 Å². The fraction of sp³-hybridized carbons (Fsp3) is 0.316. The van der Waals surface area contributed by atoms with Crippen molar-refractivity contribution < 1.29 is 9.72 Å². The number of nitrogens with zero attached hydrogens (tertiary/aromatic N) is 1. The molecule has 130 valence electrons. The van der Waals surface area contributed by atoms with E-state index in [1.807, 2.05) is 18.2 Å². The van der Waals surface area contributed by atoms with Crippen molar-refractivity contribution in [1.82, 2.24) is 5.32 Å². The zero-order chi connectivity index (χ0) is 17.9. The molecule has 2 N–H and O–H groups in total. The molecule has 0 radical (unpaired) electrons. The molecular weight excluding hydrogens is 318 g/mol. The number of benzene rings is 2. The lowest BCUT2D eigenvalue weighted by Gasteiger charge is -2.42. The highest BCUT2D eigenvalue weighted by Crippen LogP contribution is 2.43. The minimum absolute atomic E-state index is 0.0201. The van der Waals surface area contributed by atoms with Gasteiger partial charge in [0.05, 0.1) is 4.92 Å². The number of amides is 1. The van der Waals surface area contributed by atoms with Crippen LogP contribution in [0, 0.1) is 10.1 Å². The lowest BCUT2D eigenvalue weighted by molar-refractivity contribution is -0.384. The minimum Gasteiger partial charge on any atom is -0.383 e. The maximum Gasteiger partial charge on any atom is 0.293 e. The van der Waals surface area contributed by atoms with Gasteiger partial charge in [-0.25, -0.2) is 0 Å². The molecule has 25 heavy (non-hydrogen) atoms. The first-order chi connectivity index (χ1) is 12.1. The molecule has 0 aromatic heterocycles. The van der Waals surface area contributed by atoms with Crippen molar-refractivity contribution in [2.45, 2.75) is 24.7 Å². The minimum atomic E-state index is -0.486. The lowest BCUT2D eigenvalue weighted by Crippen LogP contribution is -2.45. The fourth-order valence-electron chi connectivity index (χ4n) is 3.35. The van der Waals surface area contributed by atoms with E-state index in [0.717, 1.165) is 19.3 Å². The van der Waals surface area contributed by atoms with Crippen LogP contribution in [0.5, 0.6) is 0 Å². The Morgan fingerprint density at radius 2 is 1.92 bits per heavy atom. The van der Waals surface area contributed by atoms with E-state index in [1.165, 1.54) is 11.6 Å². The van der Waals surface area contributed by atoms with Crippen LogP contribution in [0.4, 0.5) is 11.4 Å². The molecule has 1 amide bonds. The third-order valence-corrected chi connectivity index (χ3v) is 5.01. The van der Waals surface area contributed by atoms with E-state index in [4.69, 9.17) is 0 Å². The number of anilines is 1. The number of carbonyl (C=O) groups is 1. The van der Waals surface area contributed by atoms with Crippen LogP contribution in [0.15, 0.2) is 48.5 Å². The van der Waals surface area contributed by atoms with Crippen molar-refractivity contribution in [2.24, 2.45) is 0 Å². The molecule has 0 aliphatic heterocycles. The van der Waals surface area contributed by atoms with Crippen molar-refractivity contribution in [3.8, 4) is 0 Å². The second-order valence-electron chi connectivity index (χ2n) is 6.42. The van der Waals surface area contributed by atoms with Crippen LogP contribution in [0.25, 0.3) is 0 Å². The average Bonchev–Trinajstić information content (AvgIpc) is 2.61. The highest BCUT2D eigenvalue weighted by atomic mass is 16.6. The zero-order valence-electron chi connectivity index (χ0n) is 14.1. The number of rotatable bonds is 6. The first-order valence-electron chi connectivity index (χ1n) is 8.36. The molecule has 0 heterocycles. The monoisotopic (exact) mass is 339 g/mol. The fourth-order valence-corrected chi connectivity index (χ4v) is 3.35. The molecule has 1 saturated carbocycles. The van der Waals surface area contributed by atoms with Crippen molar-refractivity contribution in [3.63, 3.8) is 0 Å². The van der Waals surface area contributed by atoms with E-state index in [9.17, 15) is 14.9 Å². The quantitative estimate of drug-likeness (QED) is 0.623. The summed E-state index contributed by atoms with van der Waals surface area (Å²) in [5.41, 5.74) is 1.80. The van der Waals surface area contributed by atoms with E-state index < -0.39 is 4.92 Å². The predicted octanol–water partition coefficient (Wildman–Crippen LogP) is 3.49. The van der Waals surface area contributed by atoms with Gasteiger partial charge in [-0.1, -0.05) is 36.8 Å². The van der Waals surface area contributed by atoms with Crippen molar-refractivity contribution in [1.29, 1.82) is 0 Å². The van der Waals surface area contributed by atoms with Gasteiger partial charge in [-0.3, -0.25) is 14.9 Å². The van der Waals surface area contributed by atoms with Crippen LogP contribution < -0.4 is 10.6 Å². The normalized spacial score (nSPS) is 15.1. The Bertz CT molecular complexity index is 786. The topological polar surface area (TPSA) is 84.3 Å². The summed E-state index contributed by atoms with van der Waals surface area (Å²) in [6.45, 7) is 0.539. The van der Waals surface area contributed by atoms with Gasteiger partial charge in [-0.05, 0) is 30.5 Å². The molecule has 2 aromatic rings. The SMILES string of the molecule is CNc1ccc(C(=O)NCC2(c3ccccc3)CCC2)cc1[N+](=O)[O-]. The van der Waals surface area contributed by atoms with Crippen LogP contribution >= 0.6 is 0 Å². The summed E-state index contributed by atoms with van der Waals surface area (Å²) in [6.07, 6.45) is 3.22. The van der Waals surface area contributed by atoms with Crippen LogP contribution in [-0.2, 0) is 5.41 Å². The molecule has 0 unspecified atom stereocenters. The van der Waals surface area contributed by atoms with Crippen LogP contribution in [0.3, 0.4) is 0 Å². The molecule has 2 aromatic carbocycles. The molecule has 1 aliphatic rings. The van der Waals surface area contributed by atoms with E-state index in [2.05, 4.69) is 22.8 Å². The Hall–Kier alpha value is -2.89. The Balaban J connectivity index is 1.74. The molecule has 0 atom stereocenters. The number of nitro benzene ring substituents is 1. The molecular formula is C19H21N3O3. The number of hydrogen-bond donors (Lipinski definition) is 2. The molecule has 6 nitrogen and oxygen atoms in total. The second-order valence-corrected chi connectivity index (χ2v) is 6.42. The molecule has 0 spiro atoms. The van der Waals surface area contributed by atoms with Crippen molar-refractivity contribution >= 4 is 17.3 Å². The van der Waals surface area contributed by atoms with Gasteiger partial charge in [0.15, 0.2) is 0 Å². The number of hydrogen-bond acceptors (Lipinski definition) is 4. The largest absolute Gasteiger partial charge is 0.383 e. The maximum atomic E-state index is 12.5. The van der Waals surface area contributed by atoms with E-state index in [0.29, 0.717) is 17.8 Å².